The summed E-state index contributed by atoms with van der Waals surface area (Å²) in [6.07, 6.45) is 1.53. The standard InChI is InChI=1S/C26H20ClN3O7S/c1-36-22-12-17(8-11-21(22)37-15-16-6-9-18(10-7-16)30(34)35)13-23-25(32)29(26(33)38-23)14-24(31)28-20-5-3-2-4-19(20)27/h2-13H,14-15H2,1H3,(H,28,31)/b23-13+. The molecule has 0 spiro atoms. The van der Waals surface area contributed by atoms with Crippen LogP contribution >= 0.6 is 23.4 Å². The van der Waals surface area contributed by atoms with Gasteiger partial charge in [-0.25, -0.2) is 0 Å². The minimum Gasteiger partial charge on any atom is -0.493 e. The number of nitro benzene ring substituents is 1. The van der Waals surface area contributed by atoms with Crippen LogP contribution in [0.2, 0.25) is 5.02 Å². The van der Waals surface area contributed by atoms with E-state index in [2.05, 4.69) is 5.32 Å². The van der Waals surface area contributed by atoms with Crippen LogP contribution in [0.3, 0.4) is 0 Å². The fourth-order valence-electron chi connectivity index (χ4n) is 3.45. The molecular weight excluding hydrogens is 534 g/mol. The van der Waals surface area contributed by atoms with E-state index in [-0.39, 0.29) is 17.2 Å². The quantitative estimate of drug-likeness (QED) is 0.209. The van der Waals surface area contributed by atoms with E-state index in [4.69, 9.17) is 21.1 Å². The van der Waals surface area contributed by atoms with Crippen LogP contribution < -0.4 is 14.8 Å². The highest BCUT2D eigenvalue weighted by atomic mass is 35.5. The van der Waals surface area contributed by atoms with Crippen LogP contribution in [0.1, 0.15) is 11.1 Å². The van der Waals surface area contributed by atoms with E-state index in [9.17, 15) is 24.5 Å². The van der Waals surface area contributed by atoms with Crippen molar-refractivity contribution in [3.05, 3.63) is 97.9 Å². The maximum atomic E-state index is 12.8. The van der Waals surface area contributed by atoms with Gasteiger partial charge in [-0.15, -0.1) is 0 Å². The lowest BCUT2D eigenvalue weighted by Gasteiger charge is -2.13. The number of non-ortho nitro benzene ring substituents is 1. The van der Waals surface area contributed by atoms with Crippen molar-refractivity contribution in [1.29, 1.82) is 0 Å². The molecule has 1 fully saturated rings. The van der Waals surface area contributed by atoms with E-state index in [1.54, 1.807) is 54.6 Å². The third-order valence-corrected chi connectivity index (χ3v) is 6.59. The summed E-state index contributed by atoms with van der Waals surface area (Å²) >= 11 is 6.77. The number of imide groups is 1. The number of ether oxygens (including phenoxy) is 2. The van der Waals surface area contributed by atoms with E-state index in [0.29, 0.717) is 27.8 Å². The molecule has 0 aliphatic carbocycles. The minimum atomic E-state index is -0.591. The summed E-state index contributed by atoms with van der Waals surface area (Å²) in [4.78, 5) is 49.0. The van der Waals surface area contributed by atoms with Crippen molar-refractivity contribution in [2.75, 3.05) is 19.0 Å². The van der Waals surface area contributed by atoms with Crippen LogP contribution in [-0.4, -0.2) is 40.5 Å². The predicted octanol–water partition coefficient (Wildman–Crippen LogP) is 5.51. The Morgan fingerprint density at radius 2 is 1.84 bits per heavy atom. The van der Waals surface area contributed by atoms with Crippen LogP contribution in [0.4, 0.5) is 16.2 Å². The van der Waals surface area contributed by atoms with Crippen molar-refractivity contribution in [3.8, 4) is 11.5 Å². The third kappa shape index (κ3) is 6.31. The van der Waals surface area contributed by atoms with Crippen LogP contribution in [0, 0.1) is 10.1 Å². The number of hydrogen-bond donors (Lipinski definition) is 1. The first-order chi connectivity index (χ1) is 18.2. The molecule has 3 amide bonds. The van der Waals surface area contributed by atoms with Gasteiger partial charge in [0.2, 0.25) is 5.91 Å². The second-order valence-electron chi connectivity index (χ2n) is 7.92. The van der Waals surface area contributed by atoms with Crippen molar-refractivity contribution >= 4 is 57.9 Å². The Morgan fingerprint density at radius 1 is 1.11 bits per heavy atom. The number of thioether (sulfide) groups is 1. The van der Waals surface area contributed by atoms with E-state index >= 15 is 0 Å². The molecule has 10 nitrogen and oxygen atoms in total. The lowest BCUT2D eigenvalue weighted by Crippen LogP contribution is -2.36. The minimum absolute atomic E-state index is 0.0127. The Labute approximate surface area is 226 Å². The first-order valence-corrected chi connectivity index (χ1v) is 12.3. The second-order valence-corrected chi connectivity index (χ2v) is 9.32. The summed E-state index contributed by atoms with van der Waals surface area (Å²) in [6, 6.07) is 17.6. The number of rotatable bonds is 9. The zero-order valence-electron chi connectivity index (χ0n) is 19.9. The van der Waals surface area contributed by atoms with Crippen LogP contribution in [-0.2, 0) is 16.2 Å². The molecule has 0 saturated carbocycles. The average molecular weight is 554 g/mol. The highest BCUT2D eigenvalue weighted by Crippen LogP contribution is 2.35. The average Bonchev–Trinajstić information content (AvgIpc) is 3.16. The Bertz CT molecular complexity index is 1440. The number of benzene rings is 3. The van der Waals surface area contributed by atoms with E-state index < -0.39 is 28.5 Å². The monoisotopic (exact) mass is 553 g/mol. The zero-order chi connectivity index (χ0) is 27.2. The van der Waals surface area contributed by atoms with Crippen LogP contribution in [0.15, 0.2) is 71.6 Å². The topological polar surface area (TPSA) is 128 Å². The lowest BCUT2D eigenvalue weighted by atomic mass is 10.1. The van der Waals surface area contributed by atoms with Gasteiger partial charge < -0.3 is 14.8 Å². The number of methoxy groups -OCH3 is 1. The predicted molar refractivity (Wildman–Crippen MR) is 143 cm³/mol. The van der Waals surface area contributed by atoms with Gasteiger partial charge in [0.25, 0.3) is 16.8 Å². The Kier molecular flexibility index (Phi) is 8.29. The Morgan fingerprint density at radius 3 is 2.53 bits per heavy atom. The van der Waals surface area contributed by atoms with Crippen molar-refractivity contribution in [2.24, 2.45) is 0 Å². The number of halogens is 1. The number of carbonyl (C=O) groups is 3. The van der Waals surface area contributed by atoms with Crippen molar-refractivity contribution < 1.29 is 28.8 Å². The first kappa shape index (κ1) is 26.7. The second kappa shape index (κ2) is 11.8. The zero-order valence-corrected chi connectivity index (χ0v) is 21.5. The summed E-state index contributed by atoms with van der Waals surface area (Å²) in [5.74, 6) is -0.337. The van der Waals surface area contributed by atoms with Gasteiger partial charge in [0.15, 0.2) is 11.5 Å². The van der Waals surface area contributed by atoms with Gasteiger partial charge in [0, 0.05) is 12.1 Å². The smallest absolute Gasteiger partial charge is 0.294 e. The molecule has 12 heteroatoms. The molecule has 0 atom stereocenters. The summed E-state index contributed by atoms with van der Waals surface area (Å²) in [6.45, 7) is -0.297. The SMILES string of the molecule is COc1cc(/C=C2/SC(=O)N(CC(=O)Nc3ccccc3Cl)C2=O)ccc1OCc1ccc([N+](=O)[O-])cc1. The molecule has 0 bridgehead atoms. The molecule has 1 aliphatic heterocycles. The molecule has 1 saturated heterocycles. The highest BCUT2D eigenvalue weighted by molar-refractivity contribution is 8.18. The molecule has 0 radical (unpaired) electrons. The number of nitrogens with one attached hydrogen (secondary N) is 1. The Balaban J connectivity index is 1.42. The number of carbonyl (C=O) groups excluding carboxylic acids is 3. The van der Waals surface area contributed by atoms with Crippen LogP contribution in [0.5, 0.6) is 11.5 Å². The molecular formula is C26H20ClN3O7S. The molecule has 4 rings (SSSR count). The first-order valence-electron chi connectivity index (χ1n) is 11.1. The van der Waals surface area contributed by atoms with Gasteiger partial charge in [0.05, 0.1) is 27.6 Å². The number of amides is 3. The highest BCUT2D eigenvalue weighted by Gasteiger charge is 2.36. The van der Waals surface area contributed by atoms with Gasteiger partial charge in [-0.2, -0.15) is 0 Å². The van der Waals surface area contributed by atoms with Gasteiger partial charge >= 0.3 is 0 Å². The molecule has 3 aromatic rings. The number of anilines is 1. The number of nitro groups is 1. The molecule has 1 heterocycles. The molecule has 194 valence electrons. The van der Waals surface area contributed by atoms with Crippen molar-refractivity contribution in [2.45, 2.75) is 6.61 Å². The summed E-state index contributed by atoms with van der Waals surface area (Å²) in [7, 11) is 1.46. The van der Waals surface area contributed by atoms with E-state index in [1.807, 2.05) is 0 Å². The van der Waals surface area contributed by atoms with Crippen molar-refractivity contribution in [1.82, 2.24) is 4.90 Å². The fourth-order valence-corrected chi connectivity index (χ4v) is 4.47. The molecule has 3 aromatic carbocycles. The van der Waals surface area contributed by atoms with E-state index in [0.717, 1.165) is 22.2 Å². The molecule has 1 aliphatic rings. The fraction of sp³-hybridized carbons (Fsp3) is 0.115. The molecule has 38 heavy (non-hydrogen) atoms. The number of nitrogens with zero attached hydrogens (tertiary/aromatic N) is 2. The largest absolute Gasteiger partial charge is 0.493 e. The molecule has 0 aromatic heterocycles. The lowest BCUT2D eigenvalue weighted by molar-refractivity contribution is -0.384. The number of hydrogen-bond acceptors (Lipinski definition) is 8. The summed E-state index contributed by atoms with van der Waals surface area (Å²) in [5.41, 5.74) is 1.68. The third-order valence-electron chi connectivity index (χ3n) is 5.35. The van der Waals surface area contributed by atoms with Gasteiger partial charge in [-0.1, -0.05) is 29.8 Å². The van der Waals surface area contributed by atoms with Gasteiger partial charge in [-0.3, -0.25) is 29.4 Å². The number of para-hydroxylation sites is 1. The Hall–Kier alpha value is -4.35. The molecule has 0 unspecified atom stereocenters. The summed E-state index contributed by atoms with van der Waals surface area (Å²) < 4.78 is 11.2. The van der Waals surface area contributed by atoms with Crippen LogP contribution in [0.25, 0.3) is 6.08 Å². The maximum Gasteiger partial charge on any atom is 0.294 e. The van der Waals surface area contributed by atoms with Gasteiger partial charge in [-0.05, 0) is 65.4 Å². The van der Waals surface area contributed by atoms with Gasteiger partial charge in [0.1, 0.15) is 13.2 Å². The maximum absolute atomic E-state index is 12.8. The van der Waals surface area contributed by atoms with E-state index in [1.165, 1.54) is 25.3 Å². The normalized spacial score (nSPS) is 14.1. The molecule has 1 N–H and O–H groups in total. The summed E-state index contributed by atoms with van der Waals surface area (Å²) in [5, 5.41) is 13.2. The van der Waals surface area contributed by atoms with Crippen molar-refractivity contribution in [3.63, 3.8) is 0 Å².